The number of benzene rings is 1. The highest BCUT2D eigenvalue weighted by molar-refractivity contribution is 6.31. The van der Waals surface area contributed by atoms with Crippen LogP contribution in [0.3, 0.4) is 0 Å². The van der Waals surface area contributed by atoms with Crippen LogP contribution < -0.4 is 0 Å². The van der Waals surface area contributed by atoms with Gasteiger partial charge in [-0.3, -0.25) is 19.2 Å². The Morgan fingerprint density at radius 1 is 0.816 bits per heavy atom. The Balaban J connectivity index is 2.06. The second kappa shape index (κ2) is 13.0. The van der Waals surface area contributed by atoms with E-state index in [0.717, 1.165) is 13.8 Å². The minimum Gasteiger partial charge on any atom is -0.463 e. The molecule has 5 atom stereocenters. The van der Waals surface area contributed by atoms with E-state index in [-0.39, 0.29) is 11.8 Å². The Labute approximate surface area is 228 Å². The van der Waals surface area contributed by atoms with E-state index in [1.54, 1.807) is 30.3 Å². The van der Waals surface area contributed by atoms with Crippen LogP contribution in [0, 0.1) is 0 Å². The zero-order valence-corrected chi connectivity index (χ0v) is 22.5. The van der Waals surface area contributed by atoms with Crippen LogP contribution >= 0.6 is 23.2 Å². The molecule has 0 bridgehead atoms. The third-order valence-corrected chi connectivity index (χ3v) is 6.02. The van der Waals surface area contributed by atoms with Crippen LogP contribution in [0.1, 0.15) is 50.6 Å². The van der Waals surface area contributed by atoms with E-state index in [2.05, 4.69) is 10.2 Å². The summed E-state index contributed by atoms with van der Waals surface area (Å²) in [7, 11) is 0. The van der Waals surface area contributed by atoms with Crippen LogP contribution in [-0.2, 0) is 49.3 Å². The largest absolute Gasteiger partial charge is 0.463 e. The van der Waals surface area contributed by atoms with Crippen molar-refractivity contribution in [3.05, 3.63) is 57.3 Å². The molecule has 3 rings (SSSR count). The molecule has 2 heterocycles. The summed E-state index contributed by atoms with van der Waals surface area (Å²) in [5.74, 6) is -2.71. The van der Waals surface area contributed by atoms with Gasteiger partial charge in [-0.25, -0.2) is 0 Å². The van der Waals surface area contributed by atoms with Crippen LogP contribution in [0.2, 0.25) is 10.2 Å². The van der Waals surface area contributed by atoms with Gasteiger partial charge in [0, 0.05) is 39.1 Å². The number of aromatic nitrogens is 2. The molecule has 0 amide bonds. The molecular formula is C25H26Cl2N2O9. The highest BCUT2D eigenvalue weighted by Crippen LogP contribution is 2.39. The van der Waals surface area contributed by atoms with Crippen molar-refractivity contribution in [3.63, 3.8) is 0 Å². The Morgan fingerprint density at radius 2 is 1.45 bits per heavy atom. The molecular weight excluding hydrogens is 543 g/mol. The Bertz CT molecular complexity index is 1190. The molecule has 1 aromatic carbocycles. The molecule has 1 unspecified atom stereocenters. The molecule has 0 radical (unpaired) electrons. The summed E-state index contributed by atoms with van der Waals surface area (Å²) >= 11 is 12.3. The first-order chi connectivity index (χ1) is 17.9. The number of hydrogen-bond acceptors (Lipinski definition) is 11. The standard InChI is InChI=1S/C25H26Cl2N2O9/c1-12(30)34-11-20-23(35-13(2)31)25(37-15(4)33)24(36-14(3)32)22(38-20)16-5-7-19(26)17(9-16)10-18-6-8-21(27)29-28-18/h5-9,20,22-25H,10-11H2,1-4H3/t20?,22-,23+,24-,25-/m0/s1. The average Bonchev–Trinajstić information content (AvgIpc) is 2.82. The van der Waals surface area contributed by atoms with Crippen molar-refractivity contribution >= 4 is 47.1 Å². The third kappa shape index (κ3) is 7.86. The molecule has 1 aromatic heterocycles. The number of hydrogen-bond donors (Lipinski definition) is 0. The number of esters is 4. The van der Waals surface area contributed by atoms with Crippen LogP contribution in [0.4, 0.5) is 0 Å². The summed E-state index contributed by atoms with van der Waals surface area (Å²) in [6.45, 7) is 4.38. The second-order valence-electron chi connectivity index (χ2n) is 8.49. The van der Waals surface area contributed by atoms with E-state index in [0.29, 0.717) is 28.3 Å². The zero-order valence-electron chi connectivity index (χ0n) is 21.0. The molecule has 204 valence electrons. The zero-order chi connectivity index (χ0) is 28.0. The summed E-state index contributed by atoms with van der Waals surface area (Å²) in [4.78, 5) is 47.6. The second-order valence-corrected chi connectivity index (χ2v) is 9.29. The smallest absolute Gasteiger partial charge is 0.303 e. The van der Waals surface area contributed by atoms with Crippen LogP contribution in [-0.4, -0.2) is 65.1 Å². The van der Waals surface area contributed by atoms with Crippen molar-refractivity contribution in [1.29, 1.82) is 0 Å². The summed E-state index contributed by atoms with van der Waals surface area (Å²) in [5.41, 5.74) is 1.74. The van der Waals surface area contributed by atoms with Crippen molar-refractivity contribution in [2.24, 2.45) is 0 Å². The van der Waals surface area contributed by atoms with Gasteiger partial charge in [-0.1, -0.05) is 35.3 Å². The third-order valence-electron chi connectivity index (χ3n) is 5.45. The van der Waals surface area contributed by atoms with Crippen molar-refractivity contribution < 1.29 is 42.9 Å². The molecule has 11 nitrogen and oxygen atoms in total. The van der Waals surface area contributed by atoms with Gasteiger partial charge in [0.1, 0.15) is 18.8 Å². The molecule has 13 heteroatoms. The first-order valence-electron chi connectivity index (χ1n) is 11.5. The summed E-state index contributed by atoms with van der Waals surface area (Å²) < 4.78 is 27.8. The molecule has 1 fully saturated rings. The van der Waals surface area contributed by atoms with Crippen molar-refractivity contribution in [2.75, 3.05) is 6.61 Å². The number of ether oxygens (including phenoxy) is 5. The summed E-state index contributed by atoms with van der Waals surface area (Å²) in [6.07, 6.45) is -5.54. The Kier molecular flexibility index (Phi) is 10.0. The fourth-order valence-corrected chi connectivity index (χ4v) is 4.32. The van der Waals surface area contributed by atoms with Crippen LogP contribution in [0.15, 0.2) is 30.3 Å². The molecule has 1 aliphatic heterocycles. The molecule has 1 aliphatic rings. The number of halogens is 2. The summed E-state index contributed by atoms with van der Waals surface area (Å²) in [5, 5.41) is 8.55. The maximum Gasteiger partial charge on any atom is 0.303 e. The van der Waals surface area contributed by atoms with E-state index in [9.17, 15) is 19.2 Å². The van der Waals surface area contributed by atoms with Gasteiger partial charge in [0.25, 0.3) is 0 Å². The lowest BCUT2D eigenvalue weighted by Gasteiger charge is -2.44. The van der Waals surface area contributed by atoms with Gasteiger partial charge in [0.2, 0.25) is 0 Å². The lowest BCUT2D eigenvalue weighted by atomic mass is 9.89. The fraction of sp³-hybridized carbons (Fsp3) is 0.440. The van der Waals surface area contributed by atoms with Gasteiger partial charge in [-0.2, -0.15) is 5.10 Å². The van der Waals surface area contributed by atoms with Crippen molar-refractivity contribution in [3.8, 4) is 0 Å². The maximum atomic E-state index is 12.1. The van der Waals surface area contributed by atoms with Gasteiger partial charge < -0.3 is 23.7 Å². The van der Waals surface area contributed by atoms with Crippen molar-refractivity contribution in [2.45, 2.75) is 64.6 Å². The number of carbonyl (C=O) groups is 4. The predicted molar refractivity (Wildman–Crippen MR) is 132 cm³/mol. The minimum absolute atomic E-state index is 0.242. The van der Waals surface area contributed by atoms with Crippen molar-refractivity contribution in [1.82, 2.24) is 10.2 Å². The highest BCUT2D eigenvalue weighted by atomic mass is 35.5. The first-order valence-corrected chi connectivity index (χ1v) is 12.3. The lowest BCUT2D eigenvalue weighted by Crippen LogP contribution is -2.59. The molecule has 0 N–H and O–H groups in total. The van der Waals surface area contributed by atoms with Crippen LogP contribution in [0.25, 0.3) is 0 Å². The highest BCUT2D eigenvalue weighted by Gasteiger charge is 2.52. The molecule has 2 aromatic rings. The van der Waals surface area contributed by atoms with E-state index < -0.39 is 54.4 Å². The number of nitrogens with zero attached hydrogens (tertiary/aromatic N) is 2. The van der Waals surface area contributed by atoms with Crippen LogP contribution in [0.5, 0.6) is 0 Å². The van der Waals surface area contributed by atoms with E-state index >= 15 is 0 Å². The number of carbonyl (C=O) groups excluding carboxylic acids is 4. The van der Waals surface area contributed by atoms with Gasteiger partial charge in [0.15, 0.2) is 23.5 Å². The average molecular weight is 569 g/mol. The molecule has 0 aliphatic carbocycles. The molecule has 0 saturated carbocycles. The fourth-order valence-electron chi connectivity index (χ4n) is 4.04. The predicted octanol–water partition coefficient (Wildman–Crippen LogP) is 3.17. The first kappa shape index (κ1) is 29.3. The Morgan fingerprint density at radius 3 is 2.03 bits per heavy atom. The SMILES string of the molecule is CC(=O)OCC1O[C@@H](c2ccc(Cl)c(Cc3ccc(Cl)nn3)c2)[C@H](OC(C)=O)[C@@H](OC(C)=O)[C@@H]1OC(C)=O. The monoisotopic (exact) mass is 568 g/mol. The number of rotatable bonds is 8. The Hall–Kier alpha value is -3.28. The molecule has 1 saturated heterocycles. The normalized spacial score (nSPS) is 22.7. The topological polar surface area (TPSA) is 140 Å². The maximum absolute atomic E-state index is 12.1. The van der Waals surface area contributed by atoms with Gasteiger partial charge >= 0.3 is 23.9 Å². The van der Waals surface area contributed by atoms with E-state index in [1.165, 1.54) is 13.8 Å². The van der Waals surface area contributed by atoms with E-state index in [1.807, 2.05) is 0 Å². The molecule has 38 heavy (non-hydrogen) atoms. The summed E-state index contributed by atoms with van der Waals surface area (Å²) in [6, 6.07) is 8.30. The van der Waals surface area contributed by atoms with Gasteiger partial charge in [-0.05, 0) is 29.3 Å². The minimum atomic E-state index is -1.28. The van der Waals surface area contributed by atoms with Gasteiger partial charge in [0.05, 0.1) is 5.69 Å². The van der Waals surface area contributed by atoms with E-state index in [4.69, 9.17) is 46.9 Å². The van der Waals surface area contributed by atoms with Gasteiger partial charge in [-0.15, -0.1) is 5.10 Å². The molecule has 0 spiro atoms. The quantitative estimate of drug-likeness (QED) is 0.342. The lowest BCUT2D eigenvalue weighted by molar-refractivity contribution is -0.254.